The van der Waals surface area contributed by atoms with Crippen LogP contribution < -0.4 is 0 Å². The molecule has 1 aliphatic rings. The van der Waals surface area contributed by atoms with Gasteiger partial charge in [-0.25, -0.2) is 0 Å². The van der Waals surface area contributed by atoms with Gasteiger partial charge in [0.05, 0.1) is 0 Å². The maximum atomic E-state index is 9.30. The van der Waals surface area contributed by atoms with Gasteiger partial charge in [0, 0.05) is 5.25 Å². The molecule has 0 aromatic heterocycles. The molecule has 18 heavy (non-hydrogen) atoms. The molecule has 0 aromatic rings. The summed E-state index contributed by atoms with van der Waals surface area (Å²) in [5.74, 6) is 0. The van der Waals surface area contributed by atoms with Crippen LogP contribution in [0.5, 0.6) is 0 Å². The highest BCUT2D eigenvalue weighted by atomic mass is 32.2. The molecule has 0 amide bonds. The van der Waals surface area contributed by atoms with E-state index in [9.17, 15) is 4.55 Å². The first-order valence-electron chi connectivity index (χ1n) is 8.23. The Morgan fingerprint density at radius 3 is 1.06 bits per heavy atom. The Morgan fingerprint density at radius 2 is 0.778 bits per heavy atom. The van der Waals surface area contributed by atoms with Gasteiger partial charge in [-0.2, -0.15) is 0 Å². The molecule has 0 unspecified atom stereocenters. The lowest BCUT2D eigenvalue weighted by atomic mass is 10.0. The van der Waals surface area contributed by atoms with Crippen molar-refractivity contribution in [2.45, 2.75) is 102 Å². The summed E-state index contributed by atoms with van der Waals surface area (Å²) in [7, 11) is 0. The van der Waals surface area contributed by atoms with Crippen molar-refractivity contribution in [3.63, 3.8) is 0 Å². The van der Waals surface area contributed by atoms with Gasteiger partial charge in [-0.1, -0.05) is 83.5 Å². The molecule has 0 aromatic carbocycles. The standard InChI is InChI=1S/C16H32OS/c17-18-16-14-12-10-8-6-4-2-1-3-5-7-9-11-13-15-16/h16-17H,1-15H2. The topological polar surface area (TPSA) is 20.2 Å². The third-order valence-electron chi connectivity index (χ3n) is 4.20. The van der Waals surface area contributed by atoms with Gasteiger partial charge >= 0.3 is 0 Å². The summed E-state index contributed by atoms with van der Waals surface area (Å²) in [5, 5.41) is 0.512. The molecule has 0 atom stereocenters. The molecule has 0 heterocycles. The summed E-state index contributed by atoms with van der Waals surface area (Å²) in [6, 6.07) is 0. The average Bonchev–Trinajstić information content (AvgIpc) is 2.39. The molecule has 1 N–H and O–H groups in total. The maximum Gasteiger partial charge on any atom is 0.0308 e. The molecule has 108 valence electrons. The first kappa shape index (κ1) is 16.4. The maximum absolute atomic E-state index is 9.30. The summed E-state index contributed by atoms with van der Waals surface area (Å²) in [6.07, 6.45) is 20.7. The zero-order chi connectivity index (χ0) is 12.9. The molecule has 0 radical (unpaired) electrons. The van der Waals surface area contributed by atoms with Crippen molar-refractivity contribution in [3.8, 4) is 0 Å². The minimum absolute atomic E-state index is 0.512. The van der Waals surface area contributed by atoms with Crippen LogP contribution in [0.1, 0.15) is 96.3 Å². The molecule has 1 rings (SSSR count). The third kappa shape index (κ3) is 9.27. The molecular formula is C16H32OS. The van der Waals surface area contributed by atoms with Crippen LogP contribution in [0, 0.1) is 0 Å². The lowest BCUT2D eigenvalue weighted by molar-refractivity contribution is 0.503. The van der Waals surface area contributed by atoms with Crippen LogP contribution in [-0.2, 0) is 0 Å². The van der Waals surface area contributed by atoms with Gasteiger partial charge in [-0.3, -0.25) is 0 Å². The van der Waals surface area contributed by atoms with Gasteiger partial charge in [-0.05, 0) is 24.9 Å². The molecule has 1 fully saturated rings. The molecule has 2 heteroatoms. The average molecular weight is 272 g/mol. The Kier molecular flexibility index (Phi) is 11.2. The minimum Gasteiger partial charge on any atom is -0.330 e. The SMILES string of the molecule is OSC1CCCCCCCCCCCCCCC1. The van der Waals surface area contributed by atoms with Crippen molar-refractivity contribution in [1.29, 1.82) is 0 Å². The zero-order valence-corrected chi connectivity index (χ0v) is 12.9. The molecule has 0 bridgehead atoms. The second kappa shape index (κ2) is 12.3. The van der Waals surface area contributed by atoms with Crippen LogP contribution in [0.2, 0.25) is 0 Å². The largest absolute Gasteiger partial charge is 0.330 e. The van der Waals surface area contributed by atoms with E-state index in [4.69, 9.17) is 0 Å². The Balaban J connectivity index is 2.15. The van der Waals surface area contributed by atoms with Crippen molar-refractivity contribution in [2.75, 3.05) is 0 Å². The first-order valence-corrected chi connectivity index (χ1v) is 9.07. The fraction of sp³-hybridized carbons (Fsp3) is 1.00. The summed E-state index contributed by atoms with van der Waals surface area (Å²) in [5.41, 5.74) is 0. The zero-order valence-electron chi connectivity index (χ0n) is 12.0. The number of rotatable bonds is 1. The van der Waals surface area contributed by atoms with E-state index in [1.807, 2.05) is 0 Å². The lowest BCUT2D eigenvalue weighted by Gasteiger charge is -2.13. The summed E-state index contributed by atoms with van der Waals surface area (Å²) < 4.78 is 9.30. The lowest BCUT2D eigenvalue weighted by Crippen LogP contribution is -2.02. The molecular weight excluding hydrogens is 240 g/mol. The second-order valence-electron chi connectivity index (χ2n) is 5.90. The summed E-state index contributed by atoms with van der Waals surface area (Å²) in [6.45, 7) is 0. The monoisotopic (exact) mass is 272 g/mol. The highest BCUT2D eigenvalue weighted by Gasteiger charge is 2.08. The van der Waals surface area contributed by atoms with Crippen LogP contribution in [0.15, 0.2) is 0 Å². The molecule has 0 saturated heterocycles. The first-order chi connectivity index (χ1) is 8.93. The molecule has 1 aliphatic carbocycles. The van der Waals surface area contributed by atoms with Gasteiger partial charge in [-0.15, -0.1) is 0 Å². The van der Waals surface area contributed by atoms with Crippen molar-refractivity contribution in [3.05, 3.63) is 0 Å². The molecule has 0 spiro atoms. The van der Waals surface area contributed by atoms with Crippen LogP contribution in [0.3, 0.4) is 0 Å². The Bertz CT molecular complexity index is 156. The van der Waals surface area contributed by atoms with E-state index in [1.54, 1.807) is 0 Å². The van der Waals surface area contributed by atoms with Gasteiger partial charge in [0.15, 0.2) is 0 Å². The Morgan fingerprint density at radius 1 is 0.500 bits per heavy atom. The number of hydrogen-bond acceptors (Lipinski definition) is 2. The summed E-state index contributed by atoms with van der Waals surface area (Å²) >= 11 is 1.11. The van der Waals surface area contributed by atoms with Crippen molar-refractivity contribution in [1.82, 2.24) is 0 Å². The molecule has 1 saturated carbocycles. The minimum atomic E-state index is 0.512. The van der Waals surface area contributed by atoms with Crippen molar-refractivity contribution < 1.29 is 4.55 Å². The van der Waals surface area contributed by atoms with Gasteiger partial charge in [0.25, 0.3) is 0 Å². The fourth-order valence-corrected chi connectivity index (χ4v) is 3.48. The van der Waals surface area contributed by atoms with E-state index in [0.717, 1.165) is 12.0 Å². The fourth-order valence-electron chi connectivity index (χ4n) is 2.94. The second-order valence-corrected chi connectivity index (χ2v) is 6.78. The van der Waals surface area contributed by atoms with Gasteiger partial charge in [0.2, 0.25) is 0 Å². The Labute approximate surface area is 118 Å². The number of hydrogen-bond donors (Lipinski definition) is 1. The quantitative estimate of drug-likeness (QED) is 0.555. The van der Waals surface area contributed by atoms with Crippen LogP contribution in [-0.4, -0.2) is 9.80 Å². The molecule has 1 nitrogen and oxygen atoms in total. The highest BCUT2D eigenvalue weighted by molar-refractivity contribution is 7.94. The van der Waals surface area contributed by atoms with Gasteiger partial charge < -0.3 is 4.55 Å². The van der Waals surface area contributed by atoms with E-state index in [0.29, 0.717) is 5.25 Å². The van der Waals surface area contributed by atoms with Crippen molar-refractivity contribution in [2.24, 2.45) is 0 Å². The summed E-state index contributed by atoms with van der Waals surface area (Å²) in [4.78, 5) is 0. The van der Waals surface area contributed by atoms with E-state index >= 15 is 0 Å². The Hall–Kier alpha value is 0.310. The van der Waals surface area contributed by atoms with E-state index in [-0.39, 0.29) is 0 Å². The van der Waals surface area contributed by atoms with Crippen LogP contribution in [0.4, 0.5) is 0 Å². The predicted octanol–water partition coefficient (Wildman–Crippen LogP) is 6.43. The predicted molar refractivity (Wildman–Crippen MR) is 83.3 cm³/mol. The van der Waals surface area contributed by atoms with E-state index in [2.05, 4.69) is 0 Å². The smallest absolute Gasteiger partial charge is 0.0308 e. The van der Waals surface area contributed by atoms with Crippen LogP contribution in [0.25, 0.3) is 0 Å². The highest BCUT2D eigenvalue weighted by Crippen LogP contribution is 2.22. The van der Waals surface area contributed by atoms with Gasteiger partial charge in [0.1, 0.15) is 0 Å². The molecule has 0 aliphatic heterocycles. The normalized spacial score (nSPS) is 23.8. The van der Waals surface area contributed by atoms with E-state index in [1.165, 1.54) is 96.3 Å². The third-order valence-corrected chi connectivity index (χ3v) is 4.97. The van der Waals surface area contributed by atoms with E-state index < -0.39 is 0 Å². The van der Waals surface area contributed by atoms with Crippen molar-refractivity contribution >= 4 is 12.0 Å². The van der Waals surface area contributed by atoms with Crippen LogP contribution >= 0.6 is 12.0 Å².